The van der Waals surface area contributed by atoms with Gasteiger partial charge in [-0.2, -0.15) is 10.5 Å². The summed E-state index contributed by atoms with van der Waals surface area (Å²) in [5.41, 5.74) is 5.53. The molecule has 5 rings (SSSR count). The molecule has 204 valence electrons. The van der Waals surface area contributed by atoms with E-state index in [1.165, 1.54) is 24.0 Å². The van der Waals surface area contributed by atoms with E-state index in [2.05, 4.69) is 44.4 Å². The van der Waals surface area contributed by atoms with E-state index in [-0.39, 0.29) is 11.9 Å². The van der Waals surface area contributed by atoms with Crippen molar-refractivity contribution in [3.05, 3.63) is 100 Å². The third kappa shape index (κ3) is 7.54. The lowest BCUT2D eigenvalue weighted by Crippen LogP contribution is -2.44. The number of carbonyl (C=O) groups is 1. The molecule has 2 aliphatic heterocycles. The summed E-state index contributed by atoms with van der Waals surface area (Å²) in [7, 11) is 0. The molecule has 0 bridgehead atoms. The van der Waals surface area contributed by atoms with Crippen LogP contribution in [0.5, 0.6) is 0 Å². The van der Waals surface area contributed by atoms with Gasteiger partial charge in [-0.1, -0.05) is 30.3 Å². The van der Waals surface area contributed by atoms with Gasteiger partial charge < -0.3 is 5.32 Å². The van der Waals surface area contributed by atoms with Crippen molar-refractivity contribution in [3.63, 3.8) is 0 Å². The number of likely N-dealkylation sites (tertiary alicyclic amines) is 2. The SMILES string of the molecule is N#Cc1ccc(CC2CCN(Cc3ccc(C(=O)NC4CCN(Cc5ccc(C#N)cc5)CC4)nc3)CC2)cc1. The molecule has 0 aliphatic carbocycles. The lowest BCUT2D eigenvalue weighted by Gasteiger charge is -2.32. The predicted octanol–water partition coefficient (Wildman–Crippen LogP) is 4.67. The Kier molecular flexibility index (Phi) is 9.18. The van der Waals surface area contributed by atoms with Crippen LogP contribution in [0.1, 0.15) is 64.0 Å². The summed E-state index contributed by atoms with van der Waals surface area (Å²) < 4.78 is 0. The molecule has 1 amide bonds. The second-order valence-corrected chi connectivity index (χ2v) is 11.1. The Bertz CT molecular complexity index is 1340. The fourth-order valence-electron chi connectivity index (χ4n) is 5.75. The number of amides is 1. The van der Waals surface area contributed by atoms with Gasteiger partial charge in [-0.25, -0.2) is 0 Å². The number of pyridine rings is 1. The molecule has 40 heavy (non-hydrogen) atoms. The standard InChI is InChI=1S/C33H36N6O/c34-20-27-3-1-25(2-4-27)19-26-11-15-38(16-12-26)24-30-9-10-32(36-22-30)33(40)37-31-13-17-39(18-14-31)23-29-7-5-28(21-35)6-8-29/h1-10,22,26,31H,11-19,23-24H2,(H,37,40). The van der Waals surface area contributed by atoms with E-state index in [0.717, 1.165) is 64.1 Å². The molecule has 1 N–H and O–H groups in total. The largest absolute Gasteiger partial charge is 0.348 e. The Labute approximate surface area is 237 Å². The summed E-state index contributed by atoms with van der Waals surface area (Å²) in [6.45, 7) is 5.71. The van der Waals surface area contributed by atoms with Gasteiger partial charge in [0.1, 0.15) is 5.69 Å². The van der Waals surface area contributed by atoms with Crippen LogP contribution in [0.15, 0.2) is 66.9 Å². The molecular weight excluding hydrogens is 496 g/mol. The molecule has 0 atom stereocenters. The molecule has 3 heterocycles. The van der Waals surface area contributed by atoms with Crippen molar-refractivity contribution >= 4 is 5.91 Å². The third-order valence-corrected chi connectivity index (χ3v) is 8.19. The number of piperidine rings is 2. The number of rotatable bonds is 8. The summed E-state index contributed by atoms with van der Waals surface area (Å²) in [5, 5.41) is 21.1. The topological polar surface area (TPSA) is 96.0 Å². The molecule has 3 aromatic rings. The first-order valence-electron chi connectivity index (χ1n) is 14.3. The fourth-order valence-corrected chi connectivity index (χ4v) is 5.75. The van der Waals surface area contributed by atoms with Gasteiger partial charge in [0.2, 0.25) is 0 Å². The molecule has 2 fully saturated rings. The van der Waals surface area contributed by atoms with E-state index < -0.39 is 0 Å². The number of nitrogens with zero attached hydrogens (tertiary/aromatic N) is 5. The van der Waals surface area contributed by atoms with Crippen molar-refractivity contribution in [1.29, 1.82) is 10.5 Å². The number of aromatic nitrogens is 1. The summed E-state index contributed by atoms with van der Waals surface area (Å²) >= 11 is 0. The number of carbonyl (C=O) groups excluding carboxylic acids is 1. The van der Waals surface area contributed by atoms with E-state index in [1.54, 1.807) is 0 Å². The van der Waals surface area contributed by atoms with Gasteiger partial charge in [0.15, 0.2) is 0 Å². The number of nitrogens with one attached hydrogen (secondary N) is 1. The van der Waals surface area contributed by atoms with Gasteiger partial charge in [0.05, 0.1) is 23.3 Å². The lowest BCUT2D eigenvalue weighted by molar-refractivity contribution is 0.0904. The first-order valence-corrected chi connectivity index (χ1v) is 14.3. The molecule has 0 saturated carbocycles. The Morgan fingerprint density at radius 3 is 1.82 bits per heavy atom. The molecule has 2 aromatic carbocycles. The average molecular weight is 533 g/mol. The molecule has 0 radical (unpaired) electrons. The third-order valence-electron chi connectivity index (χ3n) is 8.19. The second kappa shape index (κ2) is 13.3. The van der Waals surface area contributed by atoms with Crippen molar-refractivity contribution in [1.82, 2.24) is 20.1 Å². The quantitative estimate of drug-likeness (QED) is 0.453. The van der Waals surface area contributed by atoms with Gasteiger partial charge >= 0.3 is 0 Å². The van der Waals surface area contributed by atoms with E-state index in [1.807, 2.05) is 54.7 Å². The molecular formula is C33H36N6O. The van der Waals surface area contributed by atoms with Crippen molar-refractivity contribution in [2.75, 3.05) is 26.2 Å². The minimum absolute atomic E-state index is 0.0966. The van der Waals surface area contributed by atoms with Crippen molar-refractivity contribution in [2.24, 2.45) is 5.92 Å². The van der Waals surface area contributed by atoms with Crippen LogP contribution in [0, 0.1) is 28.6 Å². The van der Waals surface area contributed by atoms with Crippen LogP contribution in [0.3, 0.4) is 0 Å². The highest BCUT2D eigenvalue weighted by atomic mass is 16.1. The van der Waals surface area contributed by atoms with Gasteiger partial charge in [-0.15, -0.1) is 0 Å². The number of hydrogen-bond acceptors (Lipinski definition) is 6. The highest BCUT2D eigenvalue weighted by Gasteiger charge is 2.23. The van der Waals surface area contributed by atoms with Gasteiger partial charge in [0, 0.05) is 38.4 Å². The number of nitriles is 2. The minimum Gasteiger partial charge on any atom is -0.348 e. The number of hydrogen-bond donors (Lipinski definition) is 1. The van der Waals surface area contributed by atoms with Crippen LogP contribution in [0.25, 0.3) is 0 Å². The van der Waals surface area contributed by atoms with Gasteiger partial charge in [-0.05, 0) is 98.1 Å². The van der Waals surface area contributed by atoms with E-state index in [0.29, 0.717) is 22.7 Å². The smallest absolute Gasteiger partial charge is 0.270 e. The van der Waals surface area contributed by atoms with Gasteiger partial charge in [0.25, 0.3) is 5.91 Å². The van der Waals surface area contributed by atoms with Crippen molar-refractivity contribution in [3.8, 4) is 12.1 Å². The maximum Gasteiger partial charge on any atom is 0.270 e. The predicted molar refractivity (Wildman–Crippen MR) is 154 cm³/mol. The maximum atomic E-state index is 12.8. The van der Waals surface area contributed by atoms with E-state index >= 15 is 0 Å². The maximum absolute atomic E-state index is 12.8. The fraction of sp³-hybridized carbons (Fsp3) is 0.394. The normalized spacial score (nSPS) is 17.1. The highest BCUT2D eigenvalue weighted by Crippen LogP contribution is 2.23. The first-order chi connectivity index (χ1) is 19.6. The van der Waals surface area contributed by atoms with Gasteiger partial charge in [-0.3, -0.25) is 19.6 Å². The van der Waals surface area contributed by atoms with Crippen LogP contribution in [-0.2, 0) is 19.5 Å². The molecule has 7 nitrogen and oxygen atoms in total. The summed E-state index contributed by atoms with van der Waals surface area (Å²) in [6.07, 6.45) is 7.09. The molecule has 2 aliphatic rings. The van der Waals surface area contributed by atoms with Crippen LogP contribution in [0.2, 0.25) is 0 Å². The monoisotopic (exact) mass is 532 g/mol. The summed E-state index contributed by atoms with van der Waals surface area (Å²) in [6, 6.07) is 24.1. The van der Waals surface area contributed by atoms with E-state index in [4.69, 9.17) is 10.5 Å². The first kappa shape index (κ1) is 27.5. The Morgan fingerprint density at radius 1 is 0.750 bits per heavy atom. The minimum atomic E-state index is -0.0966. The second-order valence-electron chi connectivity index (χ2n) is 11.1. The zero-order valence-corrected chi connectivity index (χ0v) is 22.9. The van der Waals surface area contributed by atoms with Crippen molar-refractivity contribution in [2.45, 2.75) is 51.2 Å². The molecule has 7 heteroatoms. The molecule has 1 aromatic heterocycles. The van der Waals surface area contributed by atoms with Crippen molar-refractivity contribution < 1.29 is 4.79 Å². The molecule has 0 unspecified atom stereocenters. The Morgan fingerprint density at radius 2 is 1.27 bits per heavy atom. The van der Waals surface area contributed by atoms with Crippen LogP contribution in [0.4, 0.5) is 0 Å². The average Bonchev–Trinajstić information content (AvgIpc) is 3.00. The number of benzene rings is 2. The zero-order chi connectivity index (χ0) is 27.7. The lowest BCUT2D eigenvalue weighted by atomic mass is 9.90. The molecule has 2 saturated heterocycles. The van der Waals surface area contributed by atoms with Crippen LogP contribution < -0.4 is 5.32 Å². The van der Waals surface area contributed by atoms with E-state index in [9.17, 15) is 4.79 Å². The highest BCUT2D eigenvalue weighted by molar-refractivity contribution is 5.92. The Balaban J connectivity index is 1.02. The summed E-state index contributed by atoms with van der Waals surface area (Å²) in [4.78, 5) is 22.2. The van der Waals surface area contributed by atoms with Crippen LogP contribution in [-0.4, -0.2) is 52.9 Å². The molecule has 0 spiro atoms. The zero-order valence-electron chi connectivity index (χ0n) is 22.9. The summed E-state index contributed by atoms with van der Waals surface area (Å²) in [5.74, 6) is 0.580. The van der Waals surface area contributed by atoms with Crippen LogP contribution >= 0.6 is 0 Å². The Hall–Kier alpha value is -4.04.